The van der Waals surface area contributed by atoms with E-state index >= 15 is 0 Å². The first-order valence-electron chi connectivity index (χ1n) is 12.1. The number of carbonyl (C=O) groups is 3. The Morgan fingerprint density at radius 1 is 1.09 bits per heavy atom. The van der Waals surface area contributed by atoms with E-state index in [9.17, 15) is 19.5 Å². The Balaban J connectivity index is 1.43. The van der Waals surface area contributed by atoms with Crippen LogP contribution in [0.25, 0.3) is 11.1 Å². The van der Waals surface area contributed by atoms with Crippen LogP contribution in [0.1, 0.15) is 49.1 Å². The molecule has 0 unspecified atom stereocenters. The van der Waals surface area contributed by atoms with Gasteiger partial charge in [-0.2, -0.15) is 11.8 Å². The molecular formula is C27H32N2O5S. The van der Waals surface area contributed by atoms with E-state index in [1.54, 1.807) is 16.7 Å². The van der Waals surface area contributed by atoms with Gasteiger partial charge in [-0.15, -0.1) is 0 Å². The van der Waals surface area contributed by atoms with Gasteiger partial charge in [0.05, 0.1) is 6.42 Å². The fraction of sp³-hybridized carbons (Fsp3) is 0.444. The molecule has 0 saturated carbocycles. The predicted octanol–water partition coefficient (Wildman–Crippen LogP) is 4.50. The summed E-state index contributed by atoms with van der Waals surface area (Å²) in [7, 11) is 0. The minimum Gasteiger partial charge on any atom is -0.481 e. The highest BCUT2D eigenvalue weighted by molar-refractivity contribution is 7.98. The van der Waals surface area contributed by atoms with Crippen LogP contribution in [0.3, 0.4) is 0 Å². The van der Waals surface area contributed by atoms with E-state index in [2.05, 4.69) is 29.6 Å². The summed E-state index contributed by atoms with van der Waals surface area (Å²) in [4.78, 5) is 39.2. The molecule has 186 valence electrons. The topological polar surface area (TPSA) is 95.9 Å². The van der Waals surface area contributed by atoms with Crippen LogP contribution in [-0.4, -0.2) is 65.2 Å². The maximum atomic E-state index is 13.4. The first-order valence-corrected chi connectivity index (χ1v) is 13.5. The molecule has 2 aromatic carbocycles. The van der Waals surface area contributed by atoms with Crippen molar-refractivity contribution in [1.29, 1.82) is 0 Å². The number of carboxylic acids is 1. The summed E-state index contributed by atoms with van der Waals surface area (Å²) in [6.07, 6.45) is 4.10. The maximum absolute atomic E-state index is 13.4. The standard InChI is InChI=1S/C27H32N2O5S/c1-35-15-13-24(26(32)29-14-7-6-8-18(29)16-25(30)31)28-27(33)34-17-23-21-11-4-2-9-19(21)20-10-3-5-12-22(20)23/h2-5,9-12,18,23-24H,6-8,13-17H2,1H3,(H,28,33)(H,30,31)/t18-,24+/m1/s1. The molecular weight excluding hydrogens is 464 g/mol. The minimum atomic E-state index is -0.917. The minimum absolute atomic E-state index is 0.0597. The van der Waals surface area contributed by atoms with Crippen LogP contribution < -0.4 is 5.32 Å². The molecule has 2 amide bonds. The number of aliphatic carboxylic acids is 1. The number of rotatable bonds is 9. The zero-order chi connectivity index (χ0) is 24.8. The first-order chi connectivity index (χ1) is 17.0. The van der Waals surface area contributed by atoms with E-state index in [4.69, 9.17) is 4.74 Å². The van der Waals surface area contributed by atoms with Crippen molar-refractivity contribution < 1.29 is 24.2 Å². The first kappa shape index (κ1) is 25.1. The molecule has 0 bridgehead atoms. The lowest BCUT2D eigenvalue weighted by Gasteiger charge is -2.37. The van der Waals surface area contributed by atoms with Crippen molar-refractivity contribution >= 4 is 29.7 Å². The highest BCUT2D eigenvalue weighted by Crippen LogP contribution is 2.44. The van der Waals surface area contributed by atoms with Crippen molar-refractivity contribution in [2.45, 2.75) is 50.1 Å². The number of fused-ring (bicyclic) bond motifs is 3. The third-order valence-electron chi connectivity index (χ3n) is 6.86. The van der Waals surface area contributed by atoms with Crippen molar-refractivity contribution in [2.75, 3.05) is 25.2 Å². The Labute approximate surface area is 210 Å². The Morgan fingerprint density at radius 3 is 2.37 bits per heavy atom. The largest absolute Gasteiger partial charge is 0.481 e. The van der Waals surface area contributed by atoms with Crippen molar-refractivity contribution in [3.8, 4) is 11.1 Å². The molecule has 2 N–H and O–H groups in total. The van der Waals surface area contributed by atoms with Crippen LogP contribution in [0.5, 0.6) is 0 Å². The average molecular weight is 497 g/mol. The van der Waals surface area contributed by atoms with E-state index in [0.29, 0.717) is 25.1 Å². The number of hydrogen-bond donors (Lipinski definition) is 2. The van der Waals surface area contributed by atoms with Gasteiger partial charge in [0.15, 0.2) is 0 Å². The van der Waals surface area contributed by atoms with E-state index < -0.39 is 18.1 Å². The summed E-state index contributed by atoms with van der Waals surface area (Å²) in [5, 5.41) is 12.1. The van der Waals surface area contributed by atoms with Crippen molar-refractivity contribution in [3.05, 3.63) is 59.7 Å². The molecule has 2 atom stereocenters. The SMILES string of the molecule is CSCC[C@H](NC(=O)OCC1c2ccccc2-c2ccccc21)C(=O)N1CCCC[C@@H]1CC(=O)O. The monoisotopic (exact) mass is 496 g/mol. The number of alkyl carbamates (subject to hydrolysis) is 1. The molecule has 35 heavy (non-hydrogen) atoms. The quantitative estimate of drug-likeness (QED) is 0.531. The second kappa shape index (κ2) is 11.6. The number of hydrogen-bond acceptors (Lipinski definition) is 5. The number of thioether (sulfide) groups is 1. The van der Waals surface area contributed by atoms with Gasteiger partial charge in [-0.1, -0.05) is 48.5 Å². The Morgan fingerprint density at radius 2 is 1.74 bits per heavy atom. The molecule has 1 heterocycles. The lowest BCUT2D eigenvalue weighted by atomic mass is 9.98. The van der Waals surface area contributed by atoms with E-state index in [1.165, 1.54) is 0 Å². The molecule has 1 fully saturated rings. The Kier molecular flexibility index (Phi) is 8.33. The van der Waals surface area contributed by atoms with Crippen molar-refractivity contribution in [2.24, 2.45) is 0 Å². The van der Waals surface area contributed by atoms with Crippen molar-refractivity contribution in [1.82, 2.24) is 10.2 Å². The number of nitrogens with zero attached hydrogens (tertiary/aromatic N) is 1. The molecule has 7 nitrogen and oxygen atoms in total. The zero-order valence-electron chi connectivity index (χ0n) is 19.9. The molecule has 2 aromatic rings. The lowest BCUT2D eigenvalue weighted by Crippen LogP contribution is -2.54. The van der Waals surface area contributed by atoms with Gasteiger partial charge in [-0.25, -0.2) is 4.79 Å². The van der Waals surface area contributed by atoms with Gasteiger partial charge in [0.2, 0.25) is 5.91 Å². The smallest absolute Gasteiger partial charge is 0.407 e. The fourth-order valence-corrected chi connectivity index (χ4v) is 5.65. The third-order valence-corrected chi connectivity index (χ3v) is 7.51. The van der Waals surface area contributed by atoms with Crippen LogP contribution in [0, 0.1) is 0 Å². The summed E-state index contributed by atoms with van der Waals surface area (Å²) in [5.74, 6) is -0.508. The average Bonchev–Trinajstić information content (AvgIpc) is 3.18. The van der Waals surface area contributed by atoms with Crippen LogP contribution >= 0.6 is 11.8 Å². The number of amides is 2. The fourth-order valence-electron chi connectivity index (χ4n) is 5.18. The number of nitrogens with one attached hydrogen (secondary N) is 1. The zero-order valence-corrected chi connectivity index (χ0v) is 20.8. The number of carbonyl (C=O) groups excluding carboxylic acids is 2. The summed E-state index contributed by atoms with van der Waals surface area (Å²) >= 11 is 1.59. The second-order valence-electron chi connectivity index (χ2n) is 9.08. The molecule has 2 aliphatic rings. The Bertz CT molecular complexity index is 1030. The molecule has 0 radical (unpaired) electrons. The van der Waals surface area contributed by atoms with Gasteiger partial charge in [-0.05, 0) is 59.9 Å². The van der Waals surface area contributed by atoms with E-state index in [-0.39, 0.29) is 30.9 Å². The van der Waals surface area contributed by atoms with Gasteiger partial charge < -0.3 is 20.1 Å². The van der Waals surface area contributed by atoms with Crippen LogP contribution in [0.2, 0.25) is 0 Å². The number of carboxylic acid groups (broad SMARTS) is 1. The molecule has 1 aliphatic carbocycles. The molecule has 8 heteroatoms. The van der Waals surface area contributed by atoms with Gasteiger partial charge in [0.1, 0.15) is 12.6 Å². The van der Waals surface area contributed by atoms with Gasteiger partial charge in [0, 0.05) is 18.5 Å². The summed E-state index contributed by atoms with van der Waals surface area (Å²) < 4.78 is 5.66. The van der Waals surface area contributed by atoms with E-state index in [1.807, 2.05) is 30.5 Å². The summed E-state index contributed by atoms with van der Waals surface area (Å²) in [6, 6.07) is 15.2. The lowest BCUT2D eigenvalue weighted by molar-refractivity contribution is -0.142. The molecule has 0 spiro atoms. The molecule has 1 aliphatic heterocycles. The Hall–Kier alpha value is -3.00. The normalized spacial score (nSPS) is 17.9. The van der Waals surface area contributed by atoms with Gasteiger partial charge in [0.25, 0.3) is 0 Å². The number of ether oxygens (including phenoxy) is 1. The van der Waals surface area contributed by atoms with Gasteiger partial charge >= 0.3 is 12.1 Å². The van der Waals surface area contributed by atoms with Crippen LogP contribution in [0.15, 0.2) is 48.5 Å². The second-order valence-corrected chi connectivity index (χ2v) is 10.1. The van der Waals surface area contributed by atoms with E-state index in [0.717, 1.165) is 35.1 Å². The van der Waals surface area contributed by atoms with Crippen LogP contribution in [0.4, 0.5) is 4.79 Å². The predicted molar refractivity (Wildman–Crippen MR) is 137 cm³/mol. The number of benzene rings is 2. The molecule has 0 aromatic heterocycles. The third kappa shape index (κ3) is 5.81. The summed E-state index contributed by atoms with van der Waals surface area (Å²) in [5.41, 5.74) is 4.56. The molecule has 4 rings (SSSR count). The highest BCUT2D eigenvalue weighted by Gasteiger charge is 2.34. The van der Waals surface area contributed by atoms with Gasteiger partial charge in [-0.3, -0.25) is 9.59 Å². The molecule has 1 saturated heterocycles. The summed E-state index contributed by atoms with van der Waals surface area (Å²) in [6.45, 7) is 0.688. The van der Waals surface area contributed by atoms with Crippen LogP contribution in [-0.2, 0) is 14.3 Å². The highest BCUT2D eigenvalue weighted by atomic mass is 32.2. The number of likely N-dealkylation sites (tertiary alicyclic amines) is 1. The van der Waals surface area contributed by atoms with Crippen molar-refractivity contribution in [3.63, 3.8) is 0 Å². The number of piperidine rings is 1. The maximum Gasteiger partial charge on any atom is 0.407 e.